The Hall–Kier alpha value is -1.31. The molecule has 1 heterocycles. The molecular weight excluding hydrogens is 265 g/mol. The molecule has 8 heteroatoms. The van der Waals surface area contributed by atoms with E-state index in [1.54, 1.807) is 6.92 Å². The molecule has 0 saturated carbocycles. The zero-order chi connectivity index (χ0) is 14.8. The number of carbonyl (C=O) groups is 2. The zero-order valence-corrected chi connectivity index (χ0v) is 10.5. The summed E-state index contributed by atoms with van der Waals surface area (Å²) in [7, 11) is 0. The normalized spacial score (nSPS) is 26.9. The number of carboxylic acids is 1. The van der Waals surface area contributed by atoms with Crippen molar-refractivity contribution >= 4 is 11.9 Å². The lowest BCUT2D eigenvalue weighted by Crippen LogP contribution is -2.50. The number of primary amides is 1. The lowest BCUT2D eigenvalue weighted by atomic mass is 9.92. The number of nitrogens with zero attached hydrogens (tertiary/aromatic N) is 1. The fraction of sp³-hybridized carbons (Fsp3) is 0.818. The Balaban J connectivity index is 2.76. The standard InChI is InChI=1S/C11H17F3N2O3/c1-6-2-3-7(9(15)17)4-16(6)5-8(10(18)19)11(12,13)14/h6-8H,2-5H2,1H3,(H2,15,17)(H,18,19). The van der Waals surface area contributed by atoms with E-state index in [0.717, 1.165) is 0 Å². The number of piperidine rings is 1. The van der Waals surface area contributed by atoms with Crippen LogP contribution in [0.25, 0.3) is 0 Å². The second kappa shape index (κ2) is 5.77. The predicted molar refractivity (Wildman–Crippen MR) is 60.1 cm³/mol. The van der Waals surface area contributed by atoms with Crippen molar-refractivity contribution in [2.45, 2.75) is 32.0 Å². The summed E-state index contributed by atoms with van der Waals surface area (Å²) in [6, 6.07) is -0.195. The smallest absolute Gasteiger partial charge is 0.403 e. The van der Waals surface area contributed by atoms with Crippen molar-refractivity contribution in [2.75, 3.05) is 13.1 Å². The number of nitrogens with two attached hydrogens (primary N) is 1. The first-order chi connectivity index (χ1) is 8.62. The van der Waals surface area contributed by atoms with Gasteiger partial charge in [-0.15, -0.1) is 0 Å². The number of halogens is 3. The third-order valence-electron chi connectivity index (χ3n) is 3.52. The summed E-state index contributed by atoms with van der Waals surface area (Å²) in [5.74, 6) is -5.42. The Bertz CT molecular complexity index is 360. The van der Waals surface area contributed by atoms with Crippen LogP contribution in [0.2, 0.25) is 0 Å². The lowest BCUT2D eigenvalue weighted by molar-refractivity contribution is -0.198. The topological polar surface area (TPSA) is 83.6 Å². The summed E-state index contributed by atoms with van der Waals surface area (Å²) in [5, 5.41) is 8.66. The first-order valence-electron chi connectivity index (χ1n) is 5.95. The lowest BCUT2D eigenvalue weighted by Gasteiger charge is -2.38. The van der Waals surface area contributed by atoms with Gasteiger partial charge >= 0.3 is 12.1 Å². The highest BCUT2D eigenvalue weighted by Crippen LogP contribution is 2.30. The number of hydrogen-bond acceptors (Lipinski definition) is 3. The molecule has 0 spiro atoms. The van der Waals surface area contributed by atoms with Crippen LogP contribution in [0.3, 0.4) is 0 Å². The summed E-state index contributed by atoms with van der Waals surface area (Å²) in [6.45, 7) is 1.15. The van der Waals surface area contributed by atoms with E-state index in [-0.39, 0.29) is 12.6 Å². The van der Waals surface area contributed by atoms with Gasteiger partial charge in [-0.25, -0.2) is 0 Å². The van der Waals surface area contributed by atoms with Crippen LogP contribution in [0.15, 0.2) is 0 Å². The average molecular weight is 282 g/mol. The van der Waals surface area contributed by atoms with E-state index in [0.29, 0.717) is 12.8 Å². The first-order valence-corrected chi connectivity index (χ1v) is 5.95. The highest BCUT2D eigenvalue weighted by atomic mass is 19.4. The highest BCUT2D eigenvalue weighted by Gasteiger charge is 2.47. The van der Waals surface area contributed by atoms with Crippen molar-refractivity contribution in [1.29, 1.82) is 0 Å². The molecule has 1 fully saturated rings. The van der Waals surface area contributed by atoms with Crippen molar-refractivity contribution in [3.05, 3.63) is 0 Å². The van der Waals surface area contributed by atoms with E-state index in [1.165, 1.54) is 4.90 Å². The minimum atomic E-state index is -4.80. The Morgan fingerprint density at radius 1 is 1.42 bits per heavy atom. The van der Waals surface area contributed by atoms with Crippen LogP contribution < -0.4 is 5.73 Å². The Kier molecular flexibility index (Phi) is 4.78. The van der Waals surface area contributed by atoms with Crippen molar-refractivity contribution in [2.24, 2.45) is 17.6 Å². The maximum Gasteiger partial charge on any atom is 0.403 e. The van der Waals surface area contributed by atoms with Gasteiger partial charge in [0.2, 0.25) is 5.91 Å². The van der Waals surface area contributed by atoms with Crippen molar-refractivity contribution < 1.29 is 27.9 Å². The zero-order valence-electron chi connectivity index (χ0n) is 10.5. The molecule has 19 heavy (non-hydrogen) atoms. The van der Waals surface area contributed by atoms with Crippen LogP contribution in [-0.2, 0) is 9.59 Å². The maximum absolute atomic E-state index is 12.6. The number of likely N-dealkylation sites (tertiary alicyclic amines) is 1. The SMILES string of the molecule is CC1CCC(C(N)=O)CN1CC(C(=O)O)C(F)(F)F. The van der Waals surface area contributed by atoms with Crippen LogP contribution in [0, 0.1) is 11.8 Å². The number of amides is 1. The number of aliphatic carboxylic acids is 1. The van der Waals surface area contributed by atoms with E-state index < -0.39 is 36.4 Å². The summed E-state index contributed by atoms with van der Waals surface area (Å²) in [6.07, 6.45) is -3.75. The monoisotopic (exact) mass is 282 g/mol. The Morgan fingerprint density at radius 3 is 2.42 bits per heavy atom. The molecule has 110 valence electrons. The maximum atomic E-state index is 12.6. The molecule has 3 N–H and O–H groups in total. The van der Waals surface area contributed by atoms with Gasteiger partial charge < -0.3 is 10.8 Å². The van der Waals surface area contributed by atoms with Crippen molar-refractivity contribution in [1.82, 2.24) is 4.90 Å². The van der Waals surface area contributed by atoms with Gasteiger partial charge in [-0.2, -0.15) is 13.2 Å². The molecule has 1 aliphatic rings. The number of carbonyl (C=O) groups excluding carboxylic acids is 1. The average Bonchev–Trinajstić information content (AvgIpc) is 2.25. The van der Waals surface area contributed by atoms with E-state index in [2.05, 4.69) is 0 Å². The number of hydrogen-bond donors (Lipinski definition) is 2. The van der Waals surface area contributed by atoms with Crippen LogP contribution in [0.5, 0.6) is 0 Å². The van der Waals surface area contributed by atoms with Crippen molar-refractivity contribution in [3.63, 3.8) is 0 Å². The Morgan fingerprint density at radius 2 is 2.00 bits per heavy atom. The molecule has 3 atom stereocenters. The molecule has 1 saturated heterocycles. The second-order valence-corrected chi connectivity index (χ2v) is 4.91. The summed E-state index contributed by atoms with van der Waals surface area (Å²) in [5.41, 5.74) is 5.15. The highest BCUT2D eigenvalue weighted by molar-refractivity contribution is 5.77. The molecule has 1 aliphatic heterocycles. The van der Waals surface area contributed by atoms with E-state index in [4.69, 9.17) is 10.8 Å². The van der Waals surface area contributed by atoms with Crippen LogP contribution in [-0.4, -0.2) is 47.2 Å². The molecule has 1 rings (SSSR count). The van der Waals surface area contributed by atoms with Gasteiger partial charge in [0.25, 0.3) is 0 Å². The van der Waals surface area contributed by atoms with Gasteiger partial charge in [0.15, 0.2) is 5.92 Å². The van der Waals surface area contributed by atoms with Gasteiger partial charge in [0.1, 0.15) is 0 Å². The number of alkyl halides is 3. The molecule has 0 radical (unpaired) electrons. The molecule has 0 aromatic heterocycles. The summed E-state index contributed by atoms with van der Waals surface area (Å²) in [4.78, 5) is 23.2. The molecule has 5 nitrogen and oxygen atoms in total. The van der Waals surface area contributed by atoms with E-state index in [1.807, 2.05) is 0 Å². The molecule has 0 aliphatic carbocycles. The minimum absolute atomic E-state index is 0.0797. The van der Waals surface area contributed by atoms with Crippen LogP contribution >= 0.6 is 0 Å². The van der Waals surface area contributed by atoms with Gasteiger partial charge in [0, 0.05) is 19.1 Å². The largest absolute Gasteiger partial charge is 0.481 e. The summed E-state index contributed by atoms with van der Waals surface area (Å²) < 4.78 is 37.8. The molecule has 0 bridgehead atoms. The second-order valence-electron chi connectivity index (χ2n) is 4.91. The number of carboxylic acid groups (broad SMARTS) is 1. The molecule has 0 aromatic carbocycles. The van der Waals surface area contributed by atoms with Gasteiger partial charge in [-0.05, 0) is 19.8 Å². The third-order valence-corrected chi connectivity index (χ3v) is 3.52. The molecule has 1 amide bonds. The number of rotatable bonds is 4. The van der Waals surface area contributed by atoms with Gasteiger partial charge in [-0.1, -0.05) is 0 Å². The van der Waals surface area contributed by atoms with Crippen molar-refractivity contribution in [3.8, 4) is 0 Å². The van der Waals surface area contributed by atoms with Gasteiger partial charge in [0.05, 0.1) is 5.92 Å². The quantitative estimate of drug-likeness (QED) is 0.800. The van der Waals surface area contributed by atoms with Gasteiger partial charge in [-0.3, -0.25) is 14.5 Å². The fourth-order valence-electron chi connectivity index (χ4n) is 2.22. The van der Waals surface area contributed by atoms with Crippen LogP contribution in [0.1, 0.15) is 19.8 Å². The van der Waals surface area contributed by atoms with E-state index in [9.17, 15) is 22.8 Å². The van der Waals surface area contributed by atoms with Crippen LogP contribution in [0.4, 0.5) is 13.2 Å². The molecule has 3 unspecified atom stereocenters. The third kappa shape index (κ3) is 4.09. The molecular formula is C11H17F3N2O3. The fourth-order valence-corrected chi connectivity index (χ4v) is 2.22. The summed E-state index contributed by atoms with van der Waals surface area (Å²) >= 11 is 0. The predicted octanol–water partition coefficient (Wildman–Crippen LogP) is 0.835. The minimum Gasteiger partial charge on any atom is -0.481 e. The first kappa shape index (κ1) is 15.7. The van der Waals surface area contributed by atoms with E-state index >= 15 is 0 Å². The Labute approximate surface area is 108 Å². The molecule has 0 aromatic rings.